The summed E-state index contributed by atoms with van der Waals surface area (Å²) >= 11 is 0. The van der Waals surface area contributed by atoms with Gasteiger partial charge in [0.15, 0.2) is 0 Å². The molecule has 0 aliphatic carbocycles. The summed E-state index contributed by atoms with van der Waals surface area (Å²) in [5, 5.41) is 0. The Balaban J connectivity index is 2.29. The summed E-state index contributed by atoms with van der Waals surface area (Å²) in [7, 11) is -2.14. The Morgan fingerprint density at radius 2 is 2.20 bits per heavy atom. The highest BCUT2D eigenvalue weighted by Gasteiger charge is 2.19. The van der Waals surface area contributed by atoms with Crippen LogP contribution >= 0.6 is 0 Å². The van der Waals surface area contributed by atoms with Crippen LogP contribution in [0.3, 0.4) is 0 Å². The van der Waals surface area contributed by atoms with E-state index in [1.54, 1.807) is 18.2 Å². The highest BCUT2D eigenvalue weighted by molar-refractivity contribution is 7.89. The van der Waals surface area contributed by atoms with Crippen LogP contribution < -0.4 is 15.4 Å². The Hall–Kier alpha value is -1.31. The van der Waals surface area contributed by atoms with E-state index in [9.17, 15) is 8.42 Å². The van der Waals surface area contributed by atoms with Crippen LogP contribution in [-0.2, 0) is 14.8 Å². The topological polar surface area (TPSA) is 84.7 Å². The van der Waals surface area contributed by atoms with E-state index in [2.05, 4.69) is 9.62 Å². The average Bonchev–Trinajstić information content (AvgIpc) is 2.63. The molecule has 0 spiro atoms. The Morgan fingerprint density at radius 3 is 2.85 bits per heavy atom. The van der Waals surface area contributed by atoms with Crippen molar-refractivity contribution < 1.29 is 13.2 Å². The molecule has 0 bridgehead atoms. The van der Waals surface area contributed by atoms with E-state index >= 15 is 0 Å². The van der Waals surface area contributed by atoms with Gasteiger partial charge in [-0.15, -0.1) is 0 Å². The van der Waals surface area contributed by atoms with Gasteiger partial charge in [-0.2, -0.15) is 0 Å². The Bertz CT molecular complexity index is 574. The maximum Gasteiger partial charge on any atom is 0.242 e. The number of hydrogen-bond acceptors (Lipinski definition) is 5. The highest BCUT2D eigenvalue weighted by atomic mass is 32.2. The molecule has 0 radical (unpaired) electrons. The van der Waals surface area contributed by atoms with Crippen molar-refractivity contribution in [2.24, 2.45) is 0 Å². The van der Waals surface area contributed by atoms with Crippen molar-refractivity contribution in [1.82, 2.24) is 4.72 Å². The van der Waals surface area contributed by atoms with Crippen molar-refractivity contribution in [3.05, 3.63) is 18.2 Å². The highest BCUT2D eigenvalue weighted by Crippen LogP contribution is 2.26. The summed E-state index contributed by atoms with van der Waals surface area (Å²) < 4.78 is 31.5. The van der Waals surface area contributed by atoms with E-state index < -0.39 is 10.0 Å². The number of benzene rings is 1. The fourth-order valence-corrected chi connectivity index (χ4v) is 3.15. The zero-order valence-electron chi connectivity index (χ0n) is 11.8. The van der Waals surface area contributed by atoms with Crippen molar-refractivity contribution in [2.45, 2.75) is 24.3 Å². The standard InChI is InChI=1S/C13H21N3O3S/c1-10-9-16(6-3-7-19-10)11-4-5-13(12(14)8-11)20(17,18)15-2/h4-5,8,10,15H,3,6-7,9,14H2,1-2H3. The lowest BCUT2D eigenvalue weighted by molar-refractivity contribution is 0.0821. The van der Waals surface area contributed by atoms with E-state index in [4.69, 9.17) is 10.5 Å². The number of nitrogens with zero attached hydrogens (tertiary/aromatic N) is 1. The number of nitrogen functional groups attached to an aromatic ring is 1. The van der Waals surface area contributed by atoms with Gasteiger partial charge in [-0.25, -0.2) is 13.1 Å². The molecule has 3 N–H and O–H groups in total. The minimum absolute atomic E-state index is 0.114. The lowest BCUT2D eigenvalue weighted by Gasteiger charge is -2.25. The number of rotatable bonds is 3. The molecule has 1 aliphatic heterocycles. The molecule has 0 saturated carbocycles. The summed E-state index contributed by atoms with van der Waals surface area (Å²) in [4.78, 5) is 2.28. The van der Waals surface area contributed by atoms with Gasteiger partial charge < -0.3 is 15.4 Å². The van der Waals surface area contributed by atoms with Crippen molar-refractivity contribution in [3.8, 4) is 0 Å². The van der Waals surface area contributed by atoms with Crippen LogP contribution in [0.1, 0.15) is 13.3 Å². The van der Waals surface area contributed by atoms with Gasteiger partial charge in [0, 0.05) is 25.4 Å². The van der Waals surface area contributed by atoms with Crippen molar-refractivity contribution >= 4 is 21.4 Å². The third-order valence-electron chi connectivity index (χ3n) is 3.37. The first-order valence-corrected chi connectivity index (χ1v) is 8.12. The molecule has 1 heterocycles. The molecule has 2 rings (SSSR count). The predicted molar refractivity (Wildman–Crippen MR) is 79.3 cm³/mol. The molecule has 112 valence electrons. The number of ether oxygens (including phenoxy) is 1. The SMILES string of the molecule is CNS(=O)(=O)c1ccc(N2CCCOC(C)C2)cc1N. The van der Waals surface area contributed by atoms with Gasteiger partial charge in [0.1, 0.15) is 4.90 Å². The molecular formula is C13H21N3O3S. The predicted octanol–water partition coefficient (Wildman–Crippen LogP) is 0.792. The van der Waals surface area contributed by atoms with Gasteiger partial charge in [-0.1, -0.05) is 0 Å². The number of anilines is 2. The third kappa shape index (κ3) is 3.23. The van der Waals surface area contributed by atoms with Gasteiger partial charge >= 0.3 is 0 Å². The second-order valence-corrected chi connectivity index (χ2v) is 6.77. The molecule has 0 aromatic heterocycles. The minimum atomic E-state index is -3.51. The summed E-state index contributed by atoms with van der Waals surface area (Å²) in [6, 6.07) is 5.05. The van der Waals surface area contributed by atoms with Crippen molar-refractivity contribution in [1.29, 1.82) is 0 Å². The first kappa shape index (κ1) is 15.1. The normalized spacial score (nSPS) is 20.7. The van der Waals surface area contributed by atoms with Gasteiger partial charge in [-0.05, 0) is 38.6 Å². The van der Waals surface area contributed by atoms with Gasteiger partial charge in [0.2, 0.25) is 10.0 Å². The molecular weight excluding hydrogens is 278 g/mol. The molecule has 1 aliphatic rings. The van der Waals surface area contributed by atoms with Crippen molar-refractivity contribution in [2.75, 3.05) is 37.4 Å². The third-order valence-corrected chi connectivity index (χ3v) is 4.86. The summed E-state index contributed by atoms with van der Waals surface area (Å²) in [5.74, 6) is 0. The molecule has 1 aromatic rings. The first-order chi connectivity index (χ1) is 9.44. The zero-order valence-corrected chi connectivity index (χ0v) is 12.6. The van der Waals surface area contributed by atoms with Crippen LogP contribution in [0.2, 0.25) is 0 Å². The fourth-order valence-electron chi connectivity index (χ4n) is 2.32. The van der Waals surface area contributed by atoms with Crippen LogP contribution in [0, 0.1) is 0 Å². The maximum absolute atomic E-state index is 11.8. The van der Waals surface area contributed by atoms with E-state index in [-0.39, 0.29) is 16.7 Å². The zero-order chi connectivity index (χ0) is 14.8. The molecule has 6 nitrogen and oxygen atoms in total. The number of nitrogens with two attached hydrogens (primary N) is 1. The van der Waals surface area contributed by atoms with Gasteiger partial charge in [0.25, 0.3) is 0 Å². The summed E-state index contributed by atoms with van der Waals surface area (Å²) in [6.07, 6.45) is 1.10. The minimum Gasteiger partial charge on any atom is -0.398 e. The molecule has 20 heavy (non-hydrogen) atoms. The lowest BCUT2D eigenvalue weighted by atomic mass is 10.2. The Labute approximate surface area is 120 Å². The summed E-state index contributed by atoms with van der Waals surface area (Å²) in [5.41, 5.74) is 7.07. The lowest BCUT2D eigenvalue weighted by Crippen LogP contribution is -2.30. The molecule has 7 heteroatoms. The fraction of sp³-hybridized carbons (Fsp3) is 0.538. The quantitative estimate of drug-likeness (QED) is 0.806. The monoisotopic (exact) mass is 299 g/mol. The largest absolute Gasteiger partial charge is 0.398 e. The molecule has 0 amide bonds. The van der Waals surface area contributed by atoms with Crippen LogP contribution in [-0.4, -0.2) is 41.3 Å². The molecule has 1 fully saturated rings. The van der Waals surface area contributed by atoms with E-state index in [1.165, 1.54) is 7.05 Å². The second kappa shape index (κ2) is 5.99. The Morgan fingerprint density at radius 1 is 1.45 bits per heavy atom. The number of nitrogens with one attached hydrogen (secondary N) is 1. The number of sulfonamides is 1. The van der Waals surface area contributed by atoms with E-state index in [1.807, 2.05) is 6.92 Å². The average molecular weight is 299 g/mol. The van der Waals surface area contributed by atoms with E-state index in [0.29, 0.717) is 0 Å². The maximum atomic E-state index is 11.8. The number of hydrogen-bond donors (Lipinski definition) is 2. The second-order valence-electron chi connectivity index (χ2n) is 4.91. The molecule has 1 atom stereocenters. The molecule has 1 saturated heterocycles. The van der Waals surface area contributed by atoms with Gasteiger partial charge in [-0.3, -0.25) is 0 Å². The molecule has 1 aromatic carbocycles. The van der Waals surface area contributed by atoms with Crippen LogP contribution in [0.5, 0.6) is 0 Å². The van der Waals surface area contributed by atoms with Crippen LogP contribution in [0.4, 0.5) is 11.4 Å². The first-order valence-electron chi connectivity index (χ1n) is 6.63. The smallest absolute Gasteiger partial charge is 0.242 e. The molecule has 1 unspecified atom stereocenters. The van der Waals surface area contributed by atoms with Crippen LogP contribution in [0.15, 0.2) is 23.1 Å². The van der Waals surface area contributed by atoms with Gasteiger partial charge in [0.05, 0.1) is 11.8 Å². The van der Waals surface area contributed by atoms with E-state index in [0.717, 1.165) is 31.8 Å². The van der Waals surface area contributed by atoms with Crippen LogP contribution in [0.25, 0.3) is 0 Å². The summed E-state index contributed by atoms with van der Waals surface area (Å²) in [6.45, 7) is 4.43. The Kier molecular flexibility index (Phi) is 4.52. The van der Waals surface area contributed by atoms with Crippen molar-refractivity contribution in [3.63, 3.8) is 0 Å².